The van der Waals surface area contributed by atoms with Gasteiger partial charge >= 0.3 is 186 Å². The van der Waals surface area contributed by atoms with E-state index in [4.69, 9.17) is 0 Å². The van der Waals surface area contributed by atoms with E-state index in [-0.39, 0.29) is 42.0 Å². The van der Waals surface area contributed by atoms with Crippen molar-refractivity contribution in [2.75, 3.05) is 0 Å². The molecule has 4 aromatic rings. The summed E-state index contributed by atoms with van der Waals surface area (Å²) >= 11 is 0. The second-order valence-electron chi connectivity index (χ2n) is 6.67. The Morgan fingerprint density at radius 3 is 1.04 bits per heavy atom. The summed E-state index contributed by atoms with van der Waals surface area (Å²) in [5, 5.41) is 4.38. The zero-order valence-electron chi connectivity index (χ0n) is 15.2. The number of halogens is 1. The Labute approximate surface area is 197 Å². The predicted molar refractivity (Wildman–Crippen MR) is 131 cm³/mol. The quantitative estimate of drug-likeness (QED) is 0.328. The molecule has 0 aliphatic rings. The molecule has 138 valence electrons. The molecule has 0 spiro atoms. The normalized spacial score (nSPS) is 11.0. The van der Waals surface area contributed by atoms with Gasteiger partial charge in [-0.3, -0.25) is 0 Å². The van der Waals surface area contributed by atoms with Gasteiger partial charge in [-0.25, -0.2) is 0 Å². The Kier molecular flexibility index (Phi) is 8.96. The van der Waals surface area contributed by atoms with Gasteiger partial charge < -0.3 is 0 Å². The number of hydrogen-bond donors (Lipinski definition) is 0. The summed E-state index contributed by atoms with van der Waals surface area (Å²) in [6, 6.07) is 44.2. The summed E-state index contributed by atoms with van der Waals surface area (Å²) in [4.78, 5) is 0. The molecule has 0 bridgehead atoms. The van der Waals surface area contributed by atoms with Crippen LogP contribution in [0.5, 0.6) is 0 Å². The van der Waals surface area contributed by atoms with Crippen LogP contribution in [0.2, 0.25) is 0 Å². The van der Waals surface area contributed by atoms with Crippen LogP contribution in [-0.4, -0.2) is 29.6 Å². The van der Waals surface area contributed by atoms with Crippen LogP contribution in [0.3, 0.4) is 0 Å². The summed E-state index contributed by atoms with van der Waals surface area (Å²) in [7, 11) is -2.16. The second-order valence-corrected chi connectivity index (χ2v) is 10.6. The van der Waals surface area contributed by atoms with Gasteiger partial charge in [0.2, 0.25) is 0 Å². The van der Waals surface area contributed by atoms with Crippen molar-refractivity contribution in [3.8, 4) is 0 Å². The molecule has 0 saturated carbocycles. The molecular formula is C25H25ClNaP. The van der Waals surface area contributed by atoms with E-state index in [1.54, 1.807) is 0 Å². The maximum absolute atomic E-state index is 2.31. The fraction of sp³-hybridized carbons (Fsp3) is 0.0400. The Morgan fingerprint density at radius 1 is 0.429 bits per heavy atom. The van der Waals surface area contributed by atoms with E-state index in [0.717, 1.165) is 6.16 Å². The molecule has 0 amide bonds. The molecule has 0 fully saturated rings. The van der Waals surface area contributed by atoms with Gasteiger partial charge in [0.25, 0.3) is 0 Å². The van der Waals surface area contributed by atoms with Crippen LogP contribution in [0.15, 0.2) is 121 Å². The molecule has 0 heterocycles. The fourth-order valence-corrected chi connectivity index (χ4v) is 8.62. The van der Waals surface area contributed by atoms with E-state index in [9.17, 15) is 0 Å². The van der Waals surface area contributed by atoms with Crippen molar-refractivity contribution in [1.82, 2.24) is 0 Å². The number of rotatable bonds is 5. The van der Waals surface area contributed by atoms with E-state index >= 15 is 0 Å². The zero-order chi connectivity index (χ0) is 17.7. The topological polar surface area (TPSA) is 0 Å². The molecule has 0 aromatic heterocycles. The Bertz CT molecular complexity index is 848. The molecule has 0 atom stereocenters. The third-order valence-electron chi connectivity index (χ3n) is 5.11. The summed E-state index contributed by atoms with van der Waals surface area (Å²) in [5.74, 6) is 0. The molecular weight excluding hydrogens is 390 g/mol. The molecule has 28 heavy (non-hydrogen) atoms. The average molecular weight is 415 g/mol. The van der Waals surface area contributed by atoms with Crippen LogP contribution >= 0.6 is 19.7 Å². The van der Waals surface area contributed by atoms with Crippen molar-refractivity contribution in [3.63, 3.8) is 0 Å². The summed E-state index contributed by atoms with van der Waals surface area (Å²) in [6.07, 6.45) is 1.06. The predicted octanol–water partition coefficient (Wildman–Crippen LogP) is 4.69. The molecule has 3 heteroatoms. The van der Waals surface area contributed by atoms with Crippen molar-refractivity contribution in [3.05, 3.63) is 127 Å². The molecule has 4 aromatic carbocycles. The zero-order valence-corrected chi connectivity index (χ0v) is 17.0. The first-order chi connectivity index (χ1) is 12.9. The van der Waals surface area contributed by atoms with Crippen molar-refractivity contribution in [1.29, 1.82) is 0 Å². The van der Waals surface area contributed by atoms with Crippen molar-refractivity contribution in [2.24, 2.45) is 0 Å². The van der Waals surface area contributed by atoms with Gasteiger partial charge in [-0.15, -0.1) is 12.4 Å². The monoisotopic (exact) mass is 414 g/mol. The Balaban J connectivity index is 0.00000140. The molecule has 0 saturated heterocycles. The van der Waals surface area contributed by atoms with Crippen LogP contribution in [0.4, 0.5) is 0 Å². The molecule has 0 aliphatic heterocycles. The van der Waals surface area contributed by atoms with Gasteiger partial charge in [0, 0.05) is 0 Å². The molecule has 0 N–H and O–H groups in total. The third kappa shape index (κ3) is 4.77. The van der Waals surface area contributed by atoms with Crippen LogP contribution in [-0.2, 0) is 6.16 Å². The van der Waals surface area contributed by atoms with E-state index in [0.29, 0.717) is 0 Å². The van der Waals surface area contributed by atoms with E-state index in [1.165, 1.54) is 21.5 Å². The first-order valence-electron chi connectivity index (χ1n) is 9.10. The van der Waals surface area contributed by atoms with Gasteiger partial charge in [-0.2, -0.15) is 0 Å². The molecule has 0 unspecified atom stereocenters. The minimum atomic E-state index is -2.16. The van der Waals surface area contributed by atoms with Crippen molar-refractivity contribution < 1.29 is 0 Å². The van der Waals surface area contributed by atoms with Gasteiger partial charge in [0.15, 0.2) is 0 Å². The minimum absolute atomic E-state index is 0. The van der Waals surface area contributed by atoms with E-state index in [1.807, 2.05) is 0 Å². The first kappa shape index (κ1) is 22.9. The number of benzene rings is 4. The van der Waals surface area contributed by atoms with Crippen LogP contribution in [0.1, 0.15) is 5.56 Å². The Morgan fingerprint density at radius 2 is 0.714 bits per heavy atom. The molecule has 4 rings (SSSR count). The molecule has 0 aliphatic carbocycles. The standard InChI is InChI=1S/C25H23P.ClH.Na.H/c1-5-13-22(14-6-1)21-26(23-15-7-2-8-16-23,24-17-9-3-10-18-24)25-19-11-4-12-20-25;;;/h1-20,26H,21H2;1H;;. The van der Waals surface area contributed by atoms with Gasteiger partial charge in [0.1, 0.15) is 0 Å². The van der Waals surface area contributed by atoms with Crippen molar-refractivity contribution >= 4 is 65.1 Å². The van der Waals surface area contributed by atoms with Crippen LogP contribution in [0, 0.1) is 0 Å². The van der Waals surface area contributed by atoms with E-state index in [2.05, 4.69) is 121 Å². The van der Waals surface area contributed by atoms with Gasteiger partial charge in [-0.1, -0.05) is 0 Å². The van der Waals surface area contributed by atoms with Crippen LogP contribution < -0.4 is 15.9 Å². The van der Waals surface area contributed by atoms with Crippen LogP contribution in [0.25, 0.3) is 0 Å². The van der Waals surface area contributed by atoms with Gasteiger partial charge in [0.05, 0.1) is 0 Å². The molecule has 0 nitrogen and oxygen atoms in total. The number of hydrogen-bond acceptors (Lipinski definition) is 0. The van der Waals surface area contributed by atoms with Gasteiger partial charge in [-0.05, 0) is 0 Å². The maximum atomic E-state index is 2.31. The second kappa shape index (κ2) is 11.0. The average Bonchev–Trinajstić information content (AvgIpc) is 2.75. The summed E-state index contributed by atoms with van der Waals surface area (Å²) < 4.78 is 0. The van der Waals surface area contributed by atoms with Crippen molar-refractivity contribution in [2.45, 2.75) is 6.16 Å². The molecule has 0 radical (unpaired) electrons. The summed E-state index contributed by atoms with van der Waals surface area (Å²) in [6.45, 7) is 0. The third-order valence-corrected chi connectivity index (χ3v) is 10.0. The van der Waals surface area contributed by atoms with E-state index < -0.39 is 7.26 Å². The fourth-order valence-electron chi connectivity index (χ4n) is 3.88. The Hall–Kier alpha value is -1.40. The summed E-state index contributed by atoms with van der Waals surface area (Å²) in [5.41, 5.74) is 1.40. The SMILES string of the molecule is Cl.[NaH].c1ccc(C[PH](c2ccccc2)(c2ccccc2)c2ccccc2)cc1. The first-order valence-corrected chi connectivity index (χ1v) is 11.3.